The lowest BCUT2D eigenvalue weighted by atomic mass is 10.2. The summed E-state index contributed by atoms with van der Waals surface area (Å²) in [7, 11) is 0. The molecule has 0 atom stereocenters. The number of anilines is 1. The number of hydrogen-bond donors (Lipinski definition) is 0. The summed E-state index contributed by atoms with van der Waals surface area (Å²) < 4.78 is 0. The predicted molar refractivity (Wildman–Crippen MR) is 65.7 cm³/mol. The summed E-state index contributed by atoms with van der Waals surface area (Å²) in [6, 6.07) is 8.68. The van der Waals surface area contributed by atoms with E-state index in [4.69, 9.17) is 0 Å². The average Bonchev–Trinajstić information content (AvgIpc) is 2.44. The first-order valence-electron chi connectivity index (χ1n) is 5.62. The lowest BCUT2D eigenvalue weighted by molar-refractivity contribution is 0.775. The Hall–Kier alpha value is -1.31. The van der Waals surface area contributed by atoms with Crippen LogP contribution in [0.2, 0.25) is 0 Å². The minimum atomic E-state index is 0.980. The quantitative estimate of drug-likeness (QED) is 0.683. The first-order valence-corrected chi connectivity index (χ1v) is 5.62. The Morgan fingerprint density at radius 3 is 2.53 bits per heavy atom. The van der Waals surface area contributed by atoms with E-state index in [0.717, 1.165) is 18.9 Å². The Balaban J connectivity index is 2.24. The summed E-state index contributed by atoms with van der Waals surface area (Å²) in [5.74, 6) is 1.15. The Morgan fingerprint density at radius 1 is 1.07 bits per heavy atom. The maximum Gasteiger partial charge on any atom is 0.100 e. The van der Waals surface area contributed by atoms with Gasteiger partial charge in [-0.1, -0.05) is 17.7 Å². The topological polar surface area (TPSA) is 15.6 Å². The third-order valence-corrected chi connectivity index (χ3v) is 2.87. The molecule has 0 aliphatic carbocycles. The molecule has 1 aliphatic rings. The molecule has 15 heavy (non-hydrogen) atoms. The van der Waals surface area contributed by atoms with Crippen LogP contribution in [0.25, 0.3) is 0 Å². The molecular formula is C13H18N2. The van der Waals surface area contributed by atoms with E-state index in [0.29, 0.717) is 0 Å². The van der Waals surface area contributed by atoms with Crippen molar-refractivity contribution in [1.29, 1.82) is 0 Å². The van der Waals surface area contributed by atoms with Crippen LogP contribution in [0, 0.1) is 6.92 Å². The molecule has 2 heteroatoms. The second-order valence-electron chi connectivity index (χ2n) is 4.12. The van der Waals surface area contributed by atoms with Crippen LogP contribution in [-0.4, -0.2) is 18.9 Å². The molecule has 2 rings (SSSR count). The Morgan fingerprint density at radius 2 is 1.80 bits per heavy atom. The molecule has 0 spiro atoms. The van der Waals surface area contributed by atoms with E-state index in [1.165, 1.54) is 24.1 Å². The van der Waals surface area contributed by atoms with Crippen LogP contribution < -0.4 is 4.90 Å². The van der Waals surface area contributed by atoms with Gasteiger partial charge in [-0.05, 0) is 38.8 Å². The highest BCUT2D eigenvalue weighted by molar-refractivity contribution is 5.96. The van der Waals surface area contributed by atoms with Gasteiger partial charge in [0.05, 0.1) is 0 Å². The number of nitrogens with zero attached hydrogens (tertiary/aromatic N) is 2. The molecule has 1 heterocycles. The van der Waals surface area contributed by atoms with Crippen LogP contribution in [0.4, 0.5) is 5.69 Å². The lowest BCUT2D eigenvalue weighted by Crippen LogP contribution is -2.28. The van der Waals surface area contributed by atoms with E-state index in [9.17, 15) is 0 Å². The second-order valence-corrected chi connectivity index (χ2v) is 4.12. The van der Waals surface area contributed by atoms with Crippen molar-refractivity contribution in [2.24, 2.45) is 4.99 Å². The maximum absolute atomic E-state index is 4.55. The first-order chi connectivity index (χ1) is 7.27. The molecule has 1 aromatic rings. The zero-order valence-electron chi connectivity index (χ0n) is 9.53. The smallest absolute Gasteiger partial charge is 0.100 e. The molecule has 0 radical (unpaired) electrons. The minimum absolute atomic E-state index is 0.980. The lowest BCUT2D eigenvalue weighted by Gasteiger charge is -2.22. The van der Waals surface area contributed by atoms with Crippen molar-refractivity contribution in [3.63, 3.8) is 0 Å². The van der Waals surface area contributed by atoms with Gasteiger partial charge in [-0.3, -0.25) is 4.99 Å². The SMILES string of the molecule is CC1=NCCCCN1c1ccc(C)cc1. The second kappa shape index (κ2) is 4.47. The number of aliphatic imine (C=N–C) groups is 1. The number of rotatable bonds is 1. The minimum Gasteiger partial charge on any atom is -0.330 e. The fourth-order valence-corrected chi connectivity index (χ4v) is 1.91. The number of hydrogen-bond acceptors (Lipinski definition) is 2. The van der Waals surface area contributed by atoms with Gasteiger partial charge in [-0.2, -0.15) is 0 Å². The van der Waals surface area contributed by atoms with Crippen molar-refractivity contribution in [2.45, 2.75) is 26.7 Å². The van der Waals surface area contributed by atoms with Crippen LogP contribution in [0.3, 0.4) is 0 Å². The maximum atomic E-state index is 4.55. The molecule has 0 unspecified atom stereocenters. The summed E-state index contributed by atoms with van der Waals surface area (Å²) in [6.07, 6.45) is 2.44. The largest absolute Gasteiger partial charge is 0.330 e. The Kier molecular flexibility index (Phi) is 3.05. The monoisotopic (exact) mass is 202 g/mol. The zero-order valence-corrected chi connectivity index (χ0v) is 9.53. The van der Waals surface area contributed by atoms with Crippen LogP contribution >= 0.6 is 0 Å². The van der Waals surface area contributed by atoms with Crippen molar-refractivity contribution >= 4 is 11.5 Å². The molecule has 0 bridgehead atoms. The fraction of sp³-hybridized carbons (Fsp3) is 0.462. The molecule has 0 saturated carbocycles. The van der Waals surface area contributed by atoms with Gasteiger partial charge in [0.15, 0.2) is 0 Å². The van der Waals surface area contributed by atoms with Crippen molar-refractivity contribution in [2.75, 3.05) is 18.0 Å². The Bertz CT molecular complexity index is 351. The fourth-order valence-electron chi connectivity index (χ4n) is 1.91. The highest BCUT2D eigenvalue weighted by Crippen LogP contribution is 2.18. The summed E-state index contributed by atoms with van der Waals surface area (Å²) >= 11 is 0. The molecule has 1 aliphatic heterocycles. The Labute approximate surface area is 91.6 Å². The predicted octanol–water partition coefficient (Wildman–Crippen LogP) is 3.01. The van der Waals surface area contributed by atoms with E-state index in [1.807, 2.05) is 0 Å². The van der Waals surface area contributed by atoms with Gasteiger partial charge in [0, 0.05) is 18.8 Å². The van der Waals surface area contributed by atoms with Gasteiger partial charge in [0.25, 0.3) is 0 Å². The van der Waals surface area contributed by atoms with Crippen molar-refractivity contribution in [3.05, 3.63) is 29.8 Å². The van der Waals surface area contributed by atoms with Crippen LogP contribution in [0.1, 0.15) is 25.3 Å². The first kappa shape index (κ1) is 10.2. The standard InChI is InChI=1S/C13H18N2/c1-11-5-7-13(8-6-11)15-10-4-3-9-14-12(15)2/h5-8H,3-4,9-10H2,1-2H3. The molecule has 1 aromatic carbocycles. The highest BCUT2D eigenvalue weighted by Gasteiger charge is 2.11. The third-order valence-electron chi connectivity index (χ3n) is 2.87. The summed E-state index contributed by atoms with van der Waals surface area (Å²) in [5, 5.41) is 0. The number of benzene rings is 1. The van der Waals surface area contributed by atoms with E-state index < -0.39 is 0 Å². The number of aryl methyl sites for hydroxylation is 1. The van der Waals surface area contributed by atoms with Gasteiger partial charge in [-0.25, -0.2) is 0 Å². The van der Waals surface area contributed by atoms with E-state index in [-0.39, 0.29) is 0 Å². The van der Waals surface area contributed by atoms with E-state index in [2.05, 4.69) is 48.0 Å². The normalized spacial score (nSPS) is 17.2. The molecular weight excluding hydrogens is 184 g/mol. The molecule has 0 aromatic heterocycles. The van der Waals surface area contributed by atoms with E-state index in [1.54, 1.807) is 0 Å². The summed E-state index contributed by atoms with van der Waals surface area (Å²) in [5.41, 5.74) is 2.58. The van der Waals surface area contributed by atoms with Gasteiger partial charge in [0.2, 0.25) is 0 Å². The van der Waals surface area contributed by atoms with Crippen LogP contribution in [-0.2, 0) is 0 Å². The van der Waals surface area contributed by atoms with Gasteiger partial charge in [0.1, 0.15) is 5.84 Å². The third kappa shape index (κ3) is 2.38. The van der Waals surface area contributed by atoms with Gasteiger partial charge < -0.3 is 4.90 Å². The van der Waals surface area contributed by atoms with Gasteiger partial charge >= 0.3 is 0 Å². The van der Waals surface area contributed by atoms with Crippen molar-refractivity contribution < 1.29 is 0 Å². The molecule has 2 nitrogen and oxygen atoms in total. The van der Waals surface area contributed by atoms with Crippen molar-refractivity contribution in [1.82, 2.24) is 0 Å². The zero-order chi connectivity index (χ0) is 10.7. The molecule has 80 valence electrons. The van der Waals surface area contributed by atoms with Crippen LogP contribution in [0.15, 0.2) is 29.3 Å². The summed E-state index contributed by atoms with van der Waals surface area (Å²) in [6.45, 7) is 6.30. The molecule has 0 saturated heterocycles. The van der Waals surface area contributed by atoms with Crippen LogP contribution in [0.5, 0.6) is 0 Å². The summed E-state index contributed by atoms with van der Waals surface area (Å²) in [4.78, 5) is 6.86. The molecule has 0 amide bonds. The number of amidine groups is 1. The van der Waals surface area contributed by atoms with E-state index >= 15 is 0 Å². The molecule has 0 fully saturated rings. The van der Waals surface area contributed by atoms with Crippen molar-refractivity contribution in [3.8, 4) is 0 Å². The average molecular weight is 202 g/mol. The molecule has 0 N–H and O–H groups in total. The highest BCUT2D eigenvalue weighted by atomic mass is 15.2. The van der Waals surface area contributed by atoms with Gasteiger partial charge in [-0.15, -0.1) is 0 Å².